The minimum absolute atomic E-state index is 0.00590. The van der Waals surface area contributed by atoms with Gasteiger partial charge in [0.2, 0.25) is 0 Å². The Kier molecular flexibility index (Phi) is 5.10. The summed E-state index contributed by atoms with van der Waals surface area (Å²) in [6.45, 7) is 0. The van der Waals surface area contributed by atoms with E-state index in [4.69, 9.17) is 9.84 Å². The van der Waals surface area contributed by atoms with Crippen LogP contribution < -0.4 is 4.74 Å². The van der Waals surface area contributed by atoms with E-state index in [1.807, 2.05) is 30.3 Å². The molecule has 0 aromatic heterocycles. The lowest BCUT2D eigenvalue weighted by Crippen LogP contribution is -2.02. The van der Waals surface area contributed by atoms with Crippen LogP contribution in [0.1, 0.15) is 29.6 Å². The van der Waals surface area contributed by atoms with Crippen LogP contribution in [0, 0.1) is 0 Å². The highest BCUT2D eigenvalue weighted by Crippen LogP contribution is 2.22. The van der Waals surface area contributed by atoms with Crippen molar-refractivity contribution in [2.45, 2.75) is 19.3 Å². The number of carboxylic acid groups (broad SMARTS) is 1. The quantitative estimate of drug-likeness (QED) is 0.783. The maximum atomic E-state index is 12.0. The highest BCUT2D eigenvalue weighted by atomic mass is 16.5. The van der Waals surface area contributed by atoms with Gasteiger partial charge in [-0.2, -0.15) is 0 Å². The standard InChI is InChI=1S/C17H16O4/c18-16(10-5-11-17(19)20)13-6-4-9-15(12-13)21-14-7-2-1-3-8-14/h1-4,6-9,12H,5,10-11H2,(H,19,20). The predicted molar refractivity (Wildman–Crippen MR) is 78.8 cm³/mol. The molecule has 2 aromatic carbocycles. The van der Waals surface area contributed by atoms with Crippen molar-refractivity contribution in [2.24, 2.45) is 0 Å². The fourth-order valence-corrected chi connectivity index (χ4v) is 1.90. The lowest BCUT2D eigenvalue weighted by Gasteiger charge is -2.07. The molecule has 4 heteroatoms. The second kappa shape index (κ2) is 7.24. The molecule has 0 amide bonds. The van der Waals surface area contributed by atoms with Crippen LogP contribution in [0.3, 0.4) is 0 Å². The fourth-order valence-electron chi connectivity index (χ4n) is 1.90. The van der Waals surface area contributed by atoms with Crippen molar-refractivity contribution in [3.8, 4) is 11.5 Å². The van der Waals surface area contributed by atoms with Crippen LogP contribution in [0.15, 0.2) is 54.6 Å². The number of benzene rings is 2. The number of carbonyl (C=O) groups excluding carboxylic acids is 1. The summed E-state index contributed by atoms with van der Waals surface area (Å²) in [5.41, 5.74) is 0.536. The second-order valence-electron chi connectivity index (χ2n) is 4.61. The van der Waals surface area contributed by atoms with Gasteiger partial charge in [-0.3, -0.25) is 9.59 Å². The number of hydrogen-bond acceptors (Lipinski definition) is 3. The average molecular weight is 284 g/mol. The van der Waals surface area contributed by atoms with E-state index in [0.29, 0.717) is 23.5 Å². The first-order chi connectivity index (χ1) is 10.1. The van der Waals surface area contributed by atoms with Crippen LogP contribution in [0.25, 0.3) is 0 Å². The number of ketones is 1. The summed E-state index contributed by atoms with van der Waals surface area (Å²) >= 11 is 0. The van der Waals surface area contributed by atoms with Gasteiger partial charge in [-0.1, -0.05) is 30.3 Å². The van der Waals surface area contributed by atoms with Crippen LogP contribution >= 0.6 is 0 Å². The van der Waals surface area contributed by atoms with Crippen LogP contribution in [-0.2, 0) is 4.79 Å². The van der Waals surface area contributed by atoms with Crippen LogP contribution in [-0.4, -0.2) is 16.9 Å². The second-order valence-corrected chi connectivity index (χ2v) is 4.61. The number of carboxylic acids is 1. The largest absolute Gasteiger partial charge is 0.481 e. The van der Waals surface area contributed by atoms with Gasteiger partial charge in [-0.25, -0.2) is 0 Å². The van der Waals surface area contributed by atoms with Gasteiger partial charge in [-0.05, 0) is 30.7 Å². The summed E-state index contributed by atoms with van der Waals surface area (Å²) in [5.74, 6) is 0.331. The number of carbonyl (C=O) groups is 2. The highest BCUT2D eigenvalue weighted by molar-refractivity contribution is 5.96. The van der Waals surface area contributed by atoms with E-state index >= 15 is 0 Å². The van der Waals surface area contributed by atoms with Crippen LogP contribution in [0.2, 0.25) is 0 Å². The molecule has 0 saturated carbocycles. The first kappa shape index (κ1) is 14.8. The van der Waals surface area contributed by atoms with E-state index in [-0.39, 0.29) is 18.6 Å². The Morgan fingerprint density at radius 1 is 0.905 bits per heavy atom. The summed E-state index contributed by atoms with van der Waals surface area (Å²) in [4.78, 5) is 22.4. The Hall–Kier alpha value is -2.62. The first-order valence-corrected chi connectivity index (χ1v) is 6.73. The molecule has 0 saturated heterocycles. The summed E-state index contributed by atoms with van der Waals surface area (Å²) in [6, 6.07) is 16.2. The molecule has 0 bridgehead atoms. The zero-order chi connectivity index (χ0) is 15.1. The third-order valence-electron chi connectivity index (χ3n) is 2.93. The third-order valence-corrected chi connectivity index (χ3v) is 2.93. The molecule has 0 aliphatic rings. The Morgan fingerprint density at radius 3 is 2.33 bits per heavy atom. The molecule has 0 fully saturated rings. The van der Waals surface area contributed by atoms with Crippen molar-refractivity contribution in [1.82, 2.24) is 0 Å². The van der Waals surface area contributed by atoms with Gasteiger partial charge in [0.1, 0.15) is 11.5 Å². The molecule has 21 heavy (non-hydrogen) atoms. The van der Waals surface area contributed by atoms with Gasteiger partial charge in [0.05, 0.1) is 0 Å². The Morgan fingerprint density at radius 2 is 1.62 bits per heavy atom. The van der Waals surface area contributed by atoms with Crippen molar-refractivity contribution in [1.29, 1.82) is 0 Å². The summed E-state index contributed by atoms with van der Waals surface area (Å²) < 4.78 is 5.67. The minimum Gasteiger partial charge on any atom is -0.481 e. The number of aliphatic carboxylic acids is 1. The monoisotopic (exact) mass is 284 g/mol. The predicted octanol–water partition coefficient (Wildman–Crippen LogP) is 3.92. The molecule has 2 rings (SSSR count). The van der Waals surface area contributed by atoms with E-state index < -0.39 is 5.97 Å². The topological polar surface area (TPSA) is 63.6 Å². The molecular formula is C17H16O4. The summed E-state index contributed by atoms with van der Waals surface area (Å²) in [7, 11) is 0. The van der Waals surface area contributed by atoms with E-state index in [9.17, 15) is 9.59 Å². The molecule has 0 spiro atoms. The zero-order valence-corrected chi connectivity index (χ0v) is 11.5. The van der Waals surface area contributed by atoms with Gasteiger partial charge in [0.15, 0.2) is 5.78 Å². The van der Waals surface area contributed by atoms with Gasteiger partial charge in [-0.15, -0.1) is 0 Å². The molecule has 0 heterocycles. The number of ether oxygens (including phenoxy) is 1. The molecule has 4 nitrogen and oxygen atoms in total. The molecule has 0 aliphatic heterocycles. The maximum absolute atomic E-state index is 12.0. The van der Waals surface area contributed by atoms with Crippen molar-refractivity contribution >= 4 is 11.8 Å². The molecule has 108 valence electrons. The molecular weight excluding hydrogens is 268 g/mol. The maximum Gasteiger partial charge on any atom is 0.303 e. The Balaban J connectivity index is 2.00. The van der Waals surface area contributed by atoms with E-state index in [2.05, 4.69) is 0 Å². The molecule has 1 N–H and O–H groups in total. The normalized spacial score (nSPS) is 10.1. The lowest BCUT2D eigenvalue weighted by molar-refractivity contribution is -0.137. The number of Topliss-reactive ketones (excluding diaryl/α,β-unsaturated/α-hetero) is 1. The van der Waals surface area contributed by atoms with Crippen LogP contribution in [0.5, 0.6) is 11.5 Å². The van der Waals surface area contributed by atoms with Gasteiger partial charge in [0.25, 0.3) is 0 Å². The molecule has 2 aromatic rings. The fraction of sp³-hybridized carbons (Fsp3) is 0.176. The number of para-hydroxylation sites is 1. The summed E-state index contributed by atoms with van der Waals surface area (Å²) in [6.07, 6.45) is 0.574. The summed E-state index contributed by atoms with van der Waals surface area (Å²) in [5, 5.41) is 8.57. The molecule has 0 atom stereocenters. The lowest BCUT2D eigenvalue weighted by atomic mass is 10.1. The van der Waals surface area contributed by atoms with E-state index in [1.165, 1.54) is 0 Å². The van der Waals surface area contributed by atoms with Crippen molar-refractivity contribution in [2.75, 3.05) is 0 Å². The van der Waals surface area contributed by atoms with E-state index in [0.717, 1.165) is 0 Å². The molecule has 0 radical (unpaired) electrons. The van der Waals surface area contributed by atoms with Gasteiger partial charge in [0, 0.05) is 18.4 Å². The first-order valence-electron chi connectivity index (χ1n) is 6.73. The third kappa shape index (κ3) is 4.76. The SMILES string of the molecule is O=C(O)CCCC(=O)c1cccc(Oc2ccccc2)c1. The molecule has 0 aliphatic carbocycles. The van der Waals surface area contributed by atoms with Gasteiger partial charge >= 0.3 is 5.97 Å². The molecule has 0 unspecified atom stereocenters. The number of hydrogen-bond donors (Lipinski definition) is 1. The van der Waals surface area contributed by atoms with Gasteiger partial charge < -0.3 is 9.84 Å². The minimum atomic E-state index is -0.885. The van der Waals surface area contributed by atoms with Crippen molar-refractivity contribution < 1.29 is 19.4 Å². The zero-order valence-electron chi connectivity index (χ0n) is 11.5. The van der Waals surface area contributed by atoms with Crippen molar-refractivity contribution in [3.05, 3.63) is 60.2 Å². The van der Waals surface area contributed by atoms with E-state index in [1.54, 1.807) is 24.3 Å². The average Bonchev–Trinajstić information content (AvgIpc) is 2.48. The Bertz CT molecular complexity index is 620. The number of rotatable bonds is 7. The Labute approximate surface area is 123 Å². The highest BCUT2D eigenvalue weighted by Gasteiger charge is 2.08. The van der Waals surface area contributed by atoms with Crippen molar-refractivity contribution in [3.63, 3.8) is 0 Å². The smallest absolute Gasteiger partial charge is 0.303 e. The van der Waals surface area contributed by atoms with Crippen LogP contribution in [0.4, 0.5) is 0 Å².